The lowest BCUT2D eigenvalue weighted by molar-refractivity contribution is 0.102. The van der Waals surface area contributed by atoms with Gasteiger partial charge >= 0.3 is 0 Å². The van der Waals surface area contributed by atoms with Crippen LogP contribution < -0.4 is 5.32 Å². The smallest absolute Gasteiger partial charge is 0.255 e. The number of benzene rings is 2. The largest absolute Gasteiger partial charge is 0.322 e. The quantitative estimate of drug-likeness (QED) is 0.862. The molecule has 1 saturated heterocycles. The molecule has 0 radical (unpaired) electrons. The van der Waals surface area contributed by atoms with E-state index in [-0.39, 0.29) is 5.56 Å². The molecule has 2 aromatic carbocycles. The summed E-state index contributed by atoms with van der Waals surface area (Å²) in [6.07, 6.45) is 2.48. The molecule has 7 heteroatoms. The Labute approximate surface area is 159 Å². The highest BCUT2D eigenvalue weighted by Crippen LogP contribution is 2.25. The van der Waals surface area contributed by atoms with E-state index in [9.17, 15) is 17.6 Å². The predicted octanol–water partition coefficient (Wildman–Crippen LogP) is 3.87. The van der Waals surface area contributed by atoms with E-state index in [1.807, 2.05) is 32.0 Å². The third-order valence-corrected chi connectivity index (χ3v) is 6.68. The van der Waals surface area contributed by atoms with E-state index >= 15 is 0 Å². The monoisotopic (exact) mass is 390 g/mol. The second-order valence-corrected chi connectivity index (χ2v) is 8.79. The van der Waals surface area contributed by atoms with Gasteiger partial charge in [0.05, 0.1) is 0 Å². The van der Waals surface area contributed by atoms with Gasteiger partial charge in [0, 0.05) is 24.3 Å². The number of nitrogens with one attached hydrogen (secondary N) is 1. The van der Waals surface area contributed by atoms with Crippen molar-refractivity contribution in [2.75, 3.05) is 18.4 Å². The molecule has 2 aromatic rings. The third-order valence-electron chi connectivity index (χ3n) is 4.77. The number of sulfonamides is 1. The van der Waals surface area contributed by atoms with Crippen LogP contribution in [0.5, 0.6) is 0 Å². The molecule has 144 valence electrons. The normalized spacial score (nSPS) is 15.5. The molecule has 1 aliphatic heterocycles. The highest BCUT2D eigenvalue weighted by atomic mass is 32.2. The number of anilines is 1. The Kier molecular flexibility index (Phi) is 5.62. The molecule has 1 aliphatic rings. The summed E-state index contributed by atoms with van der Waals surface area (Å²) in [5.41, 5.74) is 2.62. The number of hydrogen-bond acceptors (Lipinski definition) is 3. The van der Waals surface area contributed by atoms with Gasteiger partial charge in [-0.15, -0.1) is 0 Å². The highest BCUT2D eigenvalue weighted by molar-refractivity contribution is 7.89. The number of aryl methyl sites for hydroxylation is 2. The number of nitrogens with zero attached hydrogens (tertiary/aromatic N) is 1. The summed E-state index contributed by atoms with van der Waals surface area (Å²) in [7, 11) is -3.96. The summed E-state index contributed by atoms with van der Waals surface area (Å²) in [5.74, 6) is -1.32. The van der Waals surface area contributed by atoms with Crippen LogP contribution in [0, 0.1) is 19.7 Å². The first-order valence-electron chi connectivity index (χ1n) is 8.97. The molecular weight excluding hydrogens is 367 g/mol. The van der Waals surface area contributed by atoms with Gasteiger partial charge < -0.3 is 5.32 Å². The van der Waals surface area contributed by atoms with Gasteiger partial charge in [-0.2, -0.15) is 4.31 Å². The van der Waals surface area contributed by atoms with Crippen LogP contribution in [0.25, 0.3) is 0 Å². The molecule has 0 spiro atoms. The first-order valence-corrected chi connectivity index (χ1v) is 10.4. The SMILES string of the molecule is Cc1ccc(C)c(NC(=O)c2ccc(F)c(S(=O)(=O)N3CCCCC3)c2)c1. The van der Waals surface area contributed by atoms with E-state index in [4.69, 9.17) is 0 Å². The second kappa shape index (κ2) is 7.78. The lowest BCUT2D eigenvalue weighted by atomic mass is 10.1. The molecule has 1 heterocycles. The first kappa shape index (κ1) is 19.5. The number of carbonyl (C=O) groups excluding carboxylic acids is 1. The van der Waals surface area contributed by atoms with Gasteiger partial charge in [0.25, 0.3) is 5.91 Å². The molecule has 0 bridgehead atoms. The van der Waals surface area contributed by atoms with Gasteiger partial charge in [0.2, 0.25) is 10.0 Å². The van der Waals surface area contributed by atoms with Crippen molar-refractivity contribution >= 4 is 21.6 Å². The van der Waals surface area contributed by atoms with Crippen molar-refractivity contribution in [3.8, 4) is 0 Å². The van der Waals surface area contributed by atoms with Crippen molar-refractivity contribution in [2.24, 2.45) is 0 Å². The lowest BCUT2D eigenvalue weighted by Gasteiger charge is -2.26. The molecule has 1 amide bonds. The number of carbonyl (C=O) groups is 1. The van der Waals surface area contributed by atoms with E-state index in [0.717, 1.165) is 42.5 Å². The molecule has 3 rings (SSSR count). The average molecular weight is 390 g/mol. The summed E-state index contributed by atoms with van der Waals surface area (Å²) in [4.78, 5) is 12.2. The fraction of sp³-hybridized carbons (Fsp3) is 0.350. The minimum atomic E-state index is -3.96. The molecule has 0 saturated carbocycles. The van der Waals surface area contributed by atoms with E-state index < -0.39 is 26.6 Å². The Bertz CT molecular complexity index is 967. The Hall–Kier alpha value is -2.25. The van der Waals surface area contributed by atoms with E-state index in [2.05, 4.69) is 5.32 Å². The molecule has 27 heavy (non-hydrogen) atoms. The summed E-state index contributed by atoms with van der Waals surface area (Å²) in [6.45, 7) is 4.53. The fourth-order valence-electron chi connectivity index (χ4n) is 3.15. The van der Waals surface area contributed by atoms with Crippen LogP contribution in [-0.4, -0.2) is 31.7 Å². The van der Waals surface area contributed by atoms with Crippen molar-refractivity contribution in [1.29, 1.82) is 0 Å². The van der Waals surface area contributed by atoms with Gasteiger partial charge in [-0.1, -0.05) is 18.6 Å². The van der Waals surface area contributed by atoms with Crippen LogP contribution in [0.15, 0.2) is 41.3 Å². The molecule has 0 unspecified atom stereocenters. The number of hydrogen-bond donors (Lipinski definition) is 1. The van der Waals surface area contributed by atoms with Crippen LogP contribution in [-0.2, 0) is 10.0 Å². The first-order chi connectivity index (χ1) is 12.8. The van der Waals surface area contributed by atoms with E-state index in [1.54, 1.807) is 0 Å². The number of rotatable bonds is 4. The van der Waals surface area contributed by atoms with E-state index in [1.165, 1.54) is 10.4 Å². The summed E-state index contributed by atoms with van der Waals surface area (Å²) < 4.78 is 41.2. The van der Waals surface area contributed by atoms with Crippen LogP contribution in [0.4, 0.5) is 10.1 Å². The predicted molar refractivity (Wildman–Crippen MR) is 103 cm³/mol. The van der Waals surface area contributed by atoms with Gasteiger partial charge in [0.1, 0.15) is 10.7 Å². The zero-order valence-corrected chi connectivity index (χ0v) is 16.3. The van der Waals surface area contributed by atoms with Crippen LogP contribution >= 0.6 is 0 Å². The molecule has 0 atom stereocenters. The summed E-state index contributed by atoms with van der Waals surface area (Å²) >= 11 is 0. The fourth-order valence-corrected chi connectivity index (χ4v) is 4.76. The molecular formula is C20H23FN2O3S. The van der Waals surface area contributed by atoms with Gasteiger partial charge in [-0.3, -0.25) is 4.79 Å². The standard InChI is InChI=1S/C20H23FN2O3S/c1-14-6-7-15(2)18(12-14)22-20(24)16-8-9-17(21)19(13-16)27(25,26)23-10-4-3-5-11-23/h6-9,12-13H,3-5,10-11H2,1-2H3,(H,22,24). The second-order valence-electron chi connectivity index (χ2n) is 6.88. The van der Waals surface area contributed by atoms with Gasteiger partial charge in [0.15, 0.2) is 0 Å². The summed E-state index contributed by atoms with van der Waals surface area (Å²) in [5, 5.41) is 2.78. The summed E-state index contributed by atoms with van der Waals surface area (Å²) in [6, 6.07) is 9.12. The Balaban J connectivity index is 1.90. The van der Waals surface area contributed by atoms with Gasteiger partial charge in [-0.25, -0.2) is 12.8 Å². The molecule has 5 nitrogen and oxygen atoms in total. The number of piperidine rings is 1. The Morgan fingerprint density at radius 2 is 1.74 bits per heavy atom. The highest BCUT2D eigenvalue weighted by Gasteiger charge is 2.29. The maximum atomic E-state index is 14.3. The van der Waals surface area contributed by atoms with Crippen molar-refractivity contribution in [2.45, 2.75) is 38.0 Å². The topological polar surface area (TPSA) is 66.5 Å². The minimum absolute atomic E-state index is 0.105. The molecule has 1 fully saturated rings. The zero-order valence-electron chi connectivity index (χ0n) is 15.5. The van der Waals surface area contributed by atoms with Crippen molar-refractivity contribution in [3.05, 3.63) is 58.9 Å². The maximum Gasteiger partial charge on any atom is 0.255 e. The van der Waals surface area contributed by atoms with Crippen molar-refractivity contribution < 1.29 is 17.6 Å². The van der Waals surface area contributed by atoms with Crippen molar-refractivity contribution in [1.82, 2.24) is 4.31 Å². The zero-order chi connectivity index (χ0) is 19.6. The number of halogens is 1. The molecule has 1 N–H and O–H groups in total. The minimum Gasteiger partial charge on any atom is -0.322 e. The maximum absolute atomic E-state index is 14.3. The van der Waals surface area contributed by atoms with Crippen LogP contribution in [0.3, 0.4) is 0 Å². The number of amides is 1. The van der Waals surface area contributed by atoms with E-state index in [0.29, 0.717) is 18.8 Å². The lowest BCUT2D eigenvalue weighted by Crippen LogP contribution is -2.36. The van der Waals surface area contributed by atoms with Crippen molar-refractivity contribution in [3.63, 3.8) is 0 Å². The third kappa shape index (κ3) is 4.20. The molecule has 0 aromatic heterocycles. The van der Waals surface area contributed by atoms with Crippen LogP contribution in [0.2, 0.25) is 0 Å². The Morgan fingerprint density at radius 1 is 1.04 bits per heavy atom. The molecule has 0 aliphatic carbocycles. The Morgan fingerprint density at radius 3 is 2.44 bits per heavy atom. The van der Waals surface area contributed by atoms with Crippen LogP contribution in [0.1, 0.15) is 40.7 Å². The average Bonchev–Trinajstić information content (AvgIpc) is 2.65. The van der Waals surface area contributed by atoms with Gasteiger partial charge in [-0.05, 0) is 62.1 Å².